The van der Waals surface area contributed by atoms with Crippen molar-refractivity contribution in [3.05, 3.63) is 97.1 Å². The van der Waals surface area contributed by atoms with Gasteiger partial charge in [0.15, 0.2) is 0 Å². The molecule has 3 heteroatoms. The number of aromatic nitrogens is 1. The monoisotopic (exact) mass is 500 g/mol. The Kier molecular flexibility index (Phi) is 5.97. The number of fused-ring (bicyclic) bond motifs is 1. The first-order valence-electron chi connectivity index (χ1n) is 7.77. The molecular weight excluding hydrogens is 483 g/mol. The van der Waals surface area contributed by atoms with Crippen LogP contribution in [0.2, 0.25) is 0 Å². The third-order valence-electron chi connectivity index (χ3n) is 3.38. The van der Waals surface area contributed by atoms with E-state index in [1.54, 1.807) is 0 Å². The maximum Gasteiger partial charge on any atom is 0.219 e. The van der Waals surface area contributed by atoms with Crippen LogP contribution in [0.25, 0.3) is 10.9 Å². The van der Waals surface area contributed by atoms with E-state index in [0.717, 1.165) is 42.8 Å². The van der Waals surface area contributed by atoms with Crippen LogP contribution in [0, 0.1) is 0 Å². The maximum absolute atomic E-state index is 5.68. The minimum atomic E-state index is 0.620. The average molecular weight is 499 g/mol. The average Bonchev–Trinajstić information content (AvgIpc) is 2.64. The molecule has 1 aromatic heterocycles. The van der Waals surface area contributed by atoms with Crippen LogP contribution in [0.1, 0.15) is 0 Å². The summed E-state index contributed by atoms with van der Waals surface area (Å²) in [6.07, 6.45) is 0. The van der Waals surface area contributed by atoms with Crippen LogP contribution in [0.15, 0.2) is 97.1 Å². The van der Waals surface area contributed by atoms with E-state index in [2.05, 4.69) is 35.3 Å². The van der Waals surface area contributed by atoms with E-state index in [1.165, 1.54) is 3.07 Å². The Morgan fingerprint density at radius 1 is 0.625 bits per heavy atom. The van der Waals surface area contributed by atoms with Crippen LogP contribution in [0.3, 0.4) is 0 Å². The molecule has 0 fully saturated rings. The summed E-state index contributed by atoms with van der Waals surface area (Å²) in [5.41, 5.74) is 0.945. The van der Waals surface area contributed by atoms with Gasteiger partial charge in [-0.25, -0.2) is 4.98 Å². The quantitative estimate of drug-likeness (QED) is 0.367. The fraction of sp³-hybridized carbons (Fsp3) is 0. The molecule has 0 radical (unpaired) electrons. The first-order valence-corrected chi connectivity index (χ1v) is 10.5. The predicted octanol–water partition coefficient (Wildman–Crippen LogP) is 4.89. The van der Waals surface area contributed by atoms with Crippen molar-refractivity contribution in [2.24, 2.45) is 0 Å². The summed E-state index contributed by atoms with van der Waals surface area (Å²) in [6, 6.07) is 32.1. The molecule has 2 nitrogen and oxygen atoms in total. The minimum Gasteiger partial charge on any atom is -0.439 e. The van der Waals surface area contributed by atoms with Crippen LogP contribution < -0.4 is 7.81 Å². The van der Waals surface area contributed by atoms with Crippen molar-refractivity contribution in [2.75, 3.05) is 0 Å². The van der Waals surface area contributed by atoms with E-state index in [4.69, 9.17) is 4.74 Å². The molecule has 0 amide bonds. The largest absolute Gasteiger partial charge is 0.439 e. The van der Waals surface area contributed by atoms with E-state index < -0.39 is 0 Å². The number of nitrogens with zero attached hydrogens (tertiary/aromatic N) is 1. The second-order valence-electron chi connectivity index (χ2n) is 5.24. The number of para-hydroxylation sites is 2. The Balaban J connectivity index is 0.000000203. The molecule has 1 heterocycles. The molecule has 0 unspecified atom stereocenters. The minimum absolute atomic E-state index is 0.620. The summed E-state index contributed by atoms with van der Waals surface area (Å²) in [5, 5.41) is 1.12. The van der Waals surface area contributed by atoms with Crippen LogP contribution in [0.4, 0.5) is 0 Å². The first-order chi connectivity index (χ1) is 11.8. The van der Waals surface area contributed by atoms with Gasteiger partial charge in [0.05, 0.1) is 5.52 Å². The van der Waals surface area contributed by atoms with Crippen molar-refractivity contribution in [1.82, 2.24) is 4.98 Å². The Labute approximate surface area is 158 Å². The van der Waals surface area contributed by atoms with Gasteiger partial charge in [0.25, 0.3) is 0 Å². The van der Waals surface area contributed by atoms with Gasteiger partial charge in [-0.3, -0.25) is 0 Å². The fourth-order valence-corrected chi connectivity index (χ4v) is 3.25. The number of pyridine rings is 1. The molecule has 24 heavy (non-hydrogen) atoms. The molecule has 0 aliphatic heterocycles. The third-order valence-corrected chi connectivity index (χ3v) is 5.21. The van der Waals surface area contributed by atoms with E-state index in [1.807, 2.05) is 66.7 Å². The van der Waals surface area contributed by atoms with Crippen LogP contribution in [0.5, 0.6) is 11.6 Å². The Morgan fingerprint density at radius 2 is 1.25 bits per heavy atom. The summed E-state index contributed by atoms with van der Waals surface area (Å²) < 4.78 is 7.19. The van der Waals surface area contributed by atoms with Crippen molar-refractivity contribution in [3.8, 4) is 11.6 Å². The van der Waals surface area contributed by atoms with E-state index >= 15 is 0 Å². The molecule has 0 N–H and O–H groups in total. The molecule has 113 valence electrons. The molecule has 4 aromatic rings. The van der Waals surface area contributed by atoms with Gasteiger partial charge in [0, 0.05) is 11.5 Å². The fourth-order valence-electron chi connectivity index (χ4n) is 2.19. The second kappa shape index (κ2) is 8.60. The van der Waals surface area contributed by atoms with Gasteiger partial charge in [-0.1, -0.05) is 36.4 Å². The Morgan fingerprint density at radius 3 is 1.92 bits per heavy atom. The molecule has 0 aliphatic rings. The van der Waals surface area contributed by atoms with Crippen LogP contribution in [-0.4, -0.2) is 4.98 Å². The predicted molar refractivity (Wildman–Crippen MR) is 94.3 cm³/mol. The van der Waals surface area contributed by atoms with E-state index in [9.17, 15) is 0 Å². The smallest absolute Gasteiger partial charge is 0.219 e. The zero-order valence-electron chi connectivity index (χ0n) is 13.3. The van der Waals surface area contributed by atoms with Crippen molar-refractivity contribution >= 4 is 14.0 Å². The summed E-state index contributed by atoms with van der Waals surface area (Å²) in [5.74, 6) is 1.42. The zero-order chi connectivity index (χ0) is 16.6. The Bertz CT molecular complexity index is 895. The molecular formula is C21H16HgNO. The van der Waals surface area contributed by atoms with Gasteiger partial charge < -0.3 is 4.74 Å². The molecule has 0 aliphatic carbocycles. The zero-order valence-corrected chi connectivity index (χ0v) is 18.8. The van der Waals surface area contributed by atoms with Crippen molar-refractivity contribution < 1.29 is 30.9 Å². The summed E-state index contributed by atoms with van der Waals surface area (Å²) >= 11 is 0.810. The molecule has 0 saturated carbocycles. The van der Waals surface area contributed by atoms with E-state index in [0.29, 0.717) is 5.88 Å². The molecule has 4 rings (SSSR count). The first kappa shape index (κ1) is 16.7. The molecule has 0 bridgehead atoms. The third kappa shape index (κ3) is 4.90. The maximum atomic E-state index is 5.68. The van der Waals surface area contributed by atoms with Gasteiger partial charge >= 0.3 is 59.5 Å². The van der Waals surface area contributed by atoms with Gasteiger partial charge in [-0.2, -0.15) is 0 Å². The normalized spacial score (nSPS) is 9.92. The number of benzene rings is 3. The topological polar surface area (TPSA) is 22.1 Å². The number of hydrogen-bond acceptors (Lipinski definition) is 2. The Hall–Kier alpha value is -2.19. The van der Waals surface area contributed by atoms with Crippen molar-refractivity contribution in [2.45, 2.75) is 0 Å². The number of ether oxygens (including phenoxy) is 1. The van der Waals surface area contributed by atoms with E-state index in [-0.39, 0.29) is 0 Å². The van der Waals surface area contributed by atoms with Crippen LogP contribution >= 0.6 is 0 Å². The summed E-state index contributed by atoms with van der Waals surface area (Å²) in [4.78, 5) is 4.45. The molecule has 0 atom stereocenters. The van der Waals surface area contributed by atoms with Gasteiger partial charge in [0.1, 0.15) is 5.75 Å². The molecule has 3 aromatic carbocycles. The number of hydrogen-bond donors (Lipinski definition) is 0. The molecule has 0 saturated heterocycles. The van der Waals surface area contributed by atoms with Gasteiger partial charge in [-0.05, 0) is 24.3 Å². The molecule has 0 spiro atoms. The van der Waals surface area contributed by atoms with Crippen molar-refractivity contribution in [1.29, 1.82) is 0 Å². The standard InChI is InChI=1S/C15H11NO.C6H5.Hg/c1-2-7-13(8-3-1)17-15-11-10-12-6-4-5-9-14(12)16-15;1-2-4-6-5-3-1;/h1-11H;1-5H;. The second-order valence-corrected chi connectivity index (χ2v) is 8.42. The van der Waals surface area contributed by atoms with Crippen molar-refractivity contribution in [3.63, 3.8) is 0 Å². The SMILES string of the molecule is [Hg][c]1ccccc1.c1ccc(Oc2ccc3ccccc3n2)cc1. The van der Waals surface area contributed by atoms with Gasteiger partial charge in [-0.15, -0.1) is 0 Å². The summed E-state index contributed by atoms with van der Waals surface area (Å²) in [6.45, 7) is 0. The number of rotatable bonds is 2. The summed E-state index contributed by atoms with van der Waals surface area (Å²) in [7, 11) is 0. The van der Waals surface area contributed by atoms with Crippen LogP contribution in [-0.2, 0) is 26.1 Å². The van der Waals surface area contributed by atoms with Gasteiger partial charge in [0.2, 0.25) is 5.88 Å².